The van der Waals surface area contributed by atoms with Crippen molar-refractivity contribution in [3.8, 4) is 45.3 Å². The summed E-state index contributed by atoms with van der Waals surface area (Å²) in [5.41, 5.74) is 13.2. The fraction of sp³-hybridized carbons (Fsp3) is 0.0667. The van der Waals surface area contributed by atoms with E-state index in [0.717, 1.165) is 67.9 Å². The number of para-hydroxylation sites is 7. The van der Waals surface area contributed by atoms with Crippen LogP contribution in [0.3, 0.4) is 0 Å². The summed E-state index contributed by atoms with van der Waals surface area (Å²) >= 11 is 0. The number of nitrogens with one attached hydrogen (secondary N) is 1. The van der Waals surface area contributed by atoms with Gasteiger partial charge >= 0.3 is 0 Å². The van der Waals surface area contributed by atoms with Crippen molar-refractivity contribution in [1.82, 2.24) is 4.40 Å². The van der Waals surface area contributed by atoms with Crippen molar-refractivity contribution in [2.45, 2.75) is 26.2 Å². The number of pyridine rings is 2. The van der Waals surface area contributed by atoms with Crippen molar-refractivity contribution < 1.29 is 9.47 Å². The Morgan fingerprint density at radius 2 is 1.13 bits per heavy atom. The number of ether oxygens (including phenoxy) is 2. The number of nitrogens with zero attached hydrogens (tertiary/aromatic N) is 2. The number of rotatable bonds is 6. The zero-order valence-electron chi connectivity index (χ0n) is 36.9. The van der Waals surface area contributed by atoms with E-state index in [1.807, 2.05) is 153 Å². The highest BCUT2D eigenvalue weighted by atomic mass is 16.5. The Bertz CT molecular complexity index is 3980. The molecule has 13 rings (SSSR count). The number of anilines is 5. The molecule has 0 radical (unpaired) electrons. The molecule has 0 spiro atoms. The number of hydrogen-bond acceptors (Lipinski definition) is 6. The minimum Gasteiger partial charge on any atom is -0.455 e. The molecule has 0 saturated heterocycles. The second-order valence-corrected chi connectivity index (χ2v) is 18.1. The first-order chi connectivity index (χ1) is 32.7. The molecule has 0 bridgehead atoms. The van der Waals surface area contributed by atoms with Crippen LogP contribution in [0.25, 0.3) is 60.3 Å². The van der Waals surface area contributed by atoms with Crippen molar-refractivity contribution in [2.24, 2.45) is 0 Å². The first kappa shape index (κ1) is 38.8. The maximum absolute atomic E-state index is 15.3. The van der Waals surface area contributed by atoms with Gasteiger partial charge in [-0.25, -0.2) is 0 Å². The number of aryl methyl sites for hydroxylation is 1. The largest absolute Gasteiger partial charge is 0.455 e. The average Bonchev–Trinajstić information content (AvgIpc) is 3.59. The lowest BCUT2D eigenvalue weighted by Crippen LogP contribution is -2.17. The van der Waals surface area contributed by atoms with Crippen molar-refractivity contribution >= 4 is 66.5 Å². The predicted octanol–water partition coefficient (Wildman–Crippen LogP) is 15.0. The maximum Gasteiger partial charge on any atom is 0.197 e. The fourth-order valence-corrected chi connectivity index (χ4v) is 10.6. The summed E-state index contributed by atoms with van der Waals surface area (Å²) in [7, 11) is 0. The Balaban J connectivity index is 1.05. The first-order valence-corrected chi connectivity index (χ1v) is 22.6. The molecule has 1 aliphatic carbocycles. The van der Waals surface area contributed by atoms with Gasteiger partial charge < -0.3 is 24.1 Å². The lowest BCUT2D eigenvalue weighted by Gasteiger charge is -2.33. The lowest BCUT2D eigenvalue weighted by atomic mass is 9.82. The average molecular weight is 868 g/mol. The lowest BCUT2D eigenvalue weighted by molar-refractivity contribution is 0.477. The molecule has 67 heavy (non-hydrogen) atoms. The van der Waals surface area contributed by atoms with Crippen molar-refractivity contribution in [2.75, 3.05) is 10.2 Å². The summed E-state index contributed by atoms with van der Waals surface area (Å²) in [6.45, 7) is 6.55. The van der Waals surface area contributed by atoms with Gasteiger partial charge in [-0.3, -0.25) is 9.59 Å². The Kier molecular flexibility index (Phi) is 8.34. The summed E-state index contributed by atoms with van der Waals surface area (Å²) in [5.74, 6) is 2.87. The molecular weight excluding hydrogens is 827 g/mol. The normalized spacial score (nSPS) is 13.3. The Labute approximate surface area is 385 Å². The van der Waals surface area contributed by atoms with Crippen LogP contribution in [0.15, 0.2) is 198 Å². The van der Waals surface area contributed by atoms with Gasteiger partial charge in [0.05, 0.1) is 33.6 Å². The van der Waals surface area contributed by atoms with Gasteiger partial charge in [0.15, 0.2) is 28.1 Å². The van der Waals surface area contributed by atoms with Crippen molar-refractivity contribution in [1.29, 1.82) is 0 Å². The third kappa shape index (κ3) is 5.84. The van der Waals surface area contributed by atoms with Gasteiger partial charge in [-0.2, -0.15) is 0 Å². The molecule has 0 fully saturated rings. The SMILES string of the molecule is Cc1ccccc1Oc1ccccc1Nc1ccc2c(c1)c(=O)c1cc(-c3ccc4c(c3)-c3ccccc3C4(C)C)cc3c(=O)c4cc(N5c6ccccc6Oc6ccccc65)ccc4n2c13. The van der Waals surface area contributed by atoms with Crippen LogP contribution in [0.1, 0.15) is 30.5 Å². The van der Waals surface area contributed by atoms with Crippen LogP contribution in [0, 0.1) is 6.92 Å². The molecule has 3 heterocycles. The molecule has 2 aromatic heterocycles. The minimum atomic E-state index is -0.162. The molecule has 0 atom stereocenters. The van der Waals surface area contributed by atoms with E-state index in [4.69, 9.17) is 9.47 Å². The topological polar surface area (TPSA) is 72.3 Å². The van der Waals surface area contributed by atoms with E-state index in [-0.39, 0.29) is 16.3 Å². The maximum atomic E-state index is 15.3. The highest BCUT2D eigenvalue weighted by molar-refractivity contribution is 6.10. The predicted molar refractivity (Wildman–Crippen MR) is 272 cm³/mol. The summed E-state index contributed by atoms with van der Waals surface area (Å²) in [5, 5.41) is 5.56. The zero-order valence-corrected chi connectivity index (χ0v) is 36.9. The van der Waals surface area contributed by atoms with Gasteiger partial charge in [-0.05, 0) is 143 Å². The van der Waals surface area contributed by atoms with E-state index >= 15 is 9.59 Å². The molecule has 11 aromatic rings. The molecule has 2 aliphatic rings. The van der Waals surface area contributed by atoms with Crippen molar-refractivity contribution in [3.05, 3.63) is 225 Å². The molecule has 9 aromatic carbocycles. The van der Waals surface area contributed by atoms with E-state index in [1.165, 1.54) is 16.7 Å². The first-order valence-electron chi connectivity index (χ1n) is 22.6. The smallest absolute Gasteiger partial charge is 0.197 e. The Morgan fingerprint density at radius 3 is 1.88 bits per heavy atom. The van der Waals surface area contributed by atoms with E-state index in [0.29, 0.717) is 43.8 Å². The second-order valence-electron chi connectivity index (χ2n) is 18.1. The van der Waals surface area contributed by atoms with Crippen LogP contribution in [-0.4, -0.2) is 4.40 Å². The number of fused-ring (bicyclic) bond motifs is 9. The Morgan fingerprint density at radius 1 is 0.522 bits per heavy atom. The molecule has 7 nitrogen and oxygen atoms in total. The molecule has 1 aliphatic heterocycles. The van der Waals surface area contributed by atoms with Gasteiger partial charge in [-0.1, -0.05) is 105 Å². The van der Waals surface area contributed by atoms with Crippen LogP contribution < -0.4 is 30.5 Å². The van der Waals surface area contributed by atoms with Crippen LogP contribution in [0.4, 0.5) is 28.4 Å². The minimum absolute atomic E-state index is 0.145. The van der Waals surface area contributed by atoms with Gasteiger partial charge in [0.1, 0.15) is 5.75 Å². The monoisotopic (exact) mass is 867 g/mol. The molecule has 1 N–H and O–H groups in total. The molecule has 7 heteroatoms. The van der Waals surface area contributed by atoms with Crippen LogP contribution in [0.2, 0.25) is 0 Å². The van der Waals surface area contributed by atoms with Gasteiger partial charge in [-0.15, -0.1) is 0 Å². The fourth-order valence-electron chi connectivity index (χ4n) is 10.6. The highest BCUT2D eigenvalue weighted by Gasteiger charge is 2.35. The summed E-state index contributed by atoms with van der Waals surface area (Å²) in [4.78, 5) is 32.7. The highest BCUT2D eigenvalue weighted by Crippen LogP contribution is 2.52. The van der Waals surface area contributed by atoms with Gasteiger partial charge in [0.2, 0.25) is 0 Å². The van der Waals surface area contributed by atoms with Crippen molar-refractivity contribution in [3.63, 3.8) is 0 Å². The van der Waals surface area contributed by atoms with E-state index < -0.39 is 0 Å². The van der Waals surface area contributed by atoms with Crippen LogP contribution in [0.5, 0.6) is 23.0 Å². The summed E-state index contributed by atoms with van der Waals surface area (Å²) in [6, 6.07) is 62.6. The molecule has 320 valence electrons. The Hall–Kier alpha value is -8.68. The number of aromatic nitrogens is 1. The summed E-state index contributed by atoms with van der Waals surface area (Å²) < 4.78 is 14.9. The van der Waals surface area contributed by atoms with Gasteiger partial charge in [0.25, 0.3) is 0 Å². The number of benzene rings is 9. The third-order valence-corrected chi connectivity index (χ3v) is 13.9. The molecule has 0 saturated carbocycles. The summed E-state index contributed by atoms with van der Waals surface area (Å²) in [6.07, 6.45) is 0. The molecule has 0 amide bonds. The number of hydrogen-bond donors (Lipinski definition) is 1. The van der Waals surface area contributed by atoms with E-state index in [1.54, 1.807) is 0 Å². The van der Waals surface area contributed by atoms with E-state index in [2.05, 4.69) is 70.9 Å². The van der Waals surface area contributed by atoms with Gasteiger partial charge in [0, 0.05) is 38.3 Å². The quantitative estimate of drug-likeness (QED) is 0.133. The molecular formula is C60H41N3O4. The second kappa shape index (κ2) is 14.4. The molecule has 0 unspecified atom stereocenters. The van der Waals surface area contributed by atoms with Crippen LogP contribution in [-0.2, 0) is 5.41 Å². The zero-order chi connectivity index (χ0) is 45.1. The third-order valence-electron chi connectivity index (χ3n) is 13.9. The standard InChI is InChI=1S/C60H41N3O4/c1-35-14-4-10-20-53(35)66-54-21-11-7-17-48(54)61-38-25-28-49-42(33-38)58(64)44-31-37(36-24-27-47-41(30-36)40-15-5-6-16-46(40)60(47,2)3)32-45-57(44)63(49)50-29-26-39(34-43(50)59(45)65)62-51-18-8-12-22-55(51)67-56-23-13-9-19-52(56)62/h4-34,61H,1-3H3. The van der Waals surface area contributed by atoms with Crippen LogP contribution >= 0.6 is 0 Å². The van der Waals surface area contributed by atoms with E-state index in [9.17, 15) is 0 Å².